The van der Waals surface area contributed by atoms with Crippen LogP contribution in [0.25, 0.3) is 82.7 Å². The highest BCUT2D eigenvalue weighted by Crippen LogP contribution is 2.45. The summed E-state index contributed by atoms with van der Waals surface area (Å²) < 4.78 is 1.84. The van der Waals surface area contributed by atoms with E-state index in [-0.39, 0.29) is 5.56 Å². The number of imidazole rings is 1. The lowest BCUT2D eigenvalue weighted by atomic mass is 9.86. The summed E-state index contributed by atoms with van der Waals surface area (Å²) in [6, 6.07) is 54.3. The van der Waals surface area contributed by atoms with Crippen LogP contribution in [0.1, 0.15) is 0 Å². The third-order valence-electron chi connectivity index (χ3n) is 8.96. The molecule has 3 nitrogen and oxygen atoms in total. The number of hydrogen-bond acceptors (Lipinski definition) is 2. The Morgan fingerprint density at radius 3 is 1.60 bits per heavy atom. The van der Waals surface area contributed by atoms with Gasteiger partial charge in [0.2, 0.25) is 0 Å². The van der Waals surface area contributed by atoms with Crippen molar-refractivity contribution in [3.8, 4) is 44.5 Å². The normalized spacial score (nSPS) is 11.6. The van der Waals surface area contributed by atoms with Crippen LogP contribution in [0.2, 0.25) is 0 Å². The van der Waals surface area contributed by atoms with Gasteiger partial charge in [0.25, 0.3) is 5.56 Å². The van der Waals surface area contributed by atoms with Crippen LogP contribution in [0, 0.1) is 0 Å². The van der Waals surface area contributed by atoms with Gasteiger partial charge in [0.05, 0.1) is 11.0 Å². The Kier molecular flexibility index (Phi) is 5.66. The van der Waals surface area contributed by atoms with E-state index >= 15 is 0 Å². The minimum absolute atomic E-state index is 0.0544. The van der Waals surface area contributed by atoms with E-state index in [4.69, 9.17) is 4.98 Å². The molecule has 0 saturated carbocycles. The predicted octanol–water partition coefficient (Wildman–Crippen LogP) is 10.3. The van der Waals surface area contributed by atoms with Crippen molar-refractivity contribution in [2.24, 2.45) is 0 Å². The topological polar surface area (TPSA) is 34.4 Å². The van der Waals surface area contributed by atoms with Crippen LogP contribution in [0.3, 0.4) is 0 Å². The standard InChI is InChI=1S/C42H26N2O/c45-42-34-23-13-22-32-31(27-14-5-1-6-15-27)24-25-33(39(32)34)41-43-40-36(44(41)42)26-35(28-16-7-2-8-17-28)37(29-18-9-3-10-19-29)38(40)30-20-11-4-12-21-30/h1-26H. The van der Waals surface area contributed by atoms with E-state index in [9.17, 15) is 4.79 Å². The first-order valence-electron chi connectivity index (χ1n) is 15.2. The second-order valence-electron chi connectivity index (χ2n) is 11.5. The third-order valence-corrected chi connectivity index (χ3v) is 8.96. The zero-order chi connectivity index (χ0) is 29.9. The zero-order valence-electron chi connectivity index (χ0n) is 24.3. The fourth-order valence-corrected chi connectivity index (χ4v) is 7.00. The van der Waals surface area contributed by atoms with Crippen molar-refractivity contribution in [2.75, 3.05) is 0 Å². The van der Waals surface area contributed by atoms with Crippen molar-refractivity contribution in [3.63, 3.8) is 0 Å². The molecule has 210 valence electrons. The Bertz CT molecular complexity index is 2570. The SMILES string of the molecule is O=c1c2cccc3c(-c4ccccc4)ccc(c32)c2nc3c(-c4ccccc4)c(-c4ccccc4)c(-c4ccccc4)cc3n12. The maximum atomic E-state index is 14.6. The Morgan fingerprint density at radius 1 is 0.444 bits per heavy atom. The van der Waals surface area contributed by atoms with E-state index in [1.165, 1.54) is 0 Å². The Hall–Kier alpha value is -6.06. The van der Waals surface area contributed by atoms with E-state index in [0.717, 1.165) is 71.7 Å². The molecule has 0 radical (unpaired) electrons. The highest BCUT2D eigenvalue weighted by molar-refractivity contribution is 6.20. The minimum Gasteiger partial charge on any atom is -0.268 e. The minimum atomic E-state index is -0.0544. The van der Waals surface area contributed by atoms with Crippen molar-refractivity contribution in [1.82, 2.24) is 9.38 Å². The molecule has 0 amide bonds. The first-order chi connectivity index (χ1) is 22.3. The van der Waals surface area contributed by atoms with E-state index in [1.807, 2.05) is 40.8 Å². The van der Waals surface area contributed by atoms with Crippen LogP contribution in [0.5, 0.6) is 0 Å². The molecular weight excluding hydrogens is 548 g/mol. The maximum absolute atomic E-state index is 14.6. The van der Waals surface area contributed by atoms with Crippen LogP contribution in [0.15, 0.2) is 163 Å². The zero-order valence-corrected chi connectivity index (χ0v) is 24.3. The van der Waals surface area contributed by atoms with Crippen LogP contribution >= 0.6 is 0 Å². The van der Waals surface area contributed by atoms with Gasteiger partial charge in [0.15, 0.2) is 0 Å². The summed E-state index contributed by atoms with van der Waals surface area (Å²) in [4.78, 5) is 20.0. The third kappa shape index (κ3) is 3.84. The summed E-state index contributed by atoms with van der Waals surface area (Å²) in [6.45, 7) is 0. The molecule has 45 heavy (non-hydrogen) atoms. The van der Waals surface area contributed by atoms with Crippen molar-refractivity contribution < 1.29 is 0 Å². The summed E-state index contributed by atoms with van der Waals surface area (Å²) in [5.74, 6) is 0. The predicted molar refractivity (Wildman–Crippen MR) is 187 cm³/mol. The summed E-state index contributed by atoms with van der Waals surface area (Å²) in [5.41, 5.74) is 10.9. The van der Waals surface area contributed by atoms with Crippen molar-refractivity contribution >= 4 is 38.2 Å². The number of hydrogen-bond donors (Lipinski definition) is 0. The van der Waals surface area contributed by atoms with Gasteiger partial charge in [-0.25, -0.2) is 4.98 Å². The Labute approximate surface area is 259 Å². The molecule has 0 N–H and O–H groups in total. The molecule has 0 atom stereocenters. The van der Waals surface area contributed by atoms with Gasteiger partial charge in [-0.2, -0.15) is 0 Å². The second kappa shape index (κ2) is 10.0. The number of rotatable bonds is 4. The molecule has 0 aliphatic heterocycles. The smallest absolute Gasteiger partial charge is 0.264 e. The molecule has 0 fully saturated rings. The van der Waals surface area contributed by atoms with E-state index in [0.29, 0.717) is 11.0 Å². The maximum Gasteiger partial charge on any atom is 0.264 e. The number of aromatic nitrogens is 2. The Balaban J connectivity index is 1.49. The Morgan fingerprint density at radius 2 is 0.978 bits per heavy atom. The van der Waals surface area contributed by atoms with Gasteiger partial charge in [0.1, 0.15) is 5.65 Å². The van der Waals surface area contributed by atoms with E-state index in [1.54, 1.807) is 0 Å². The van der Waals surface area contributed by atoms with E-state index < -0.39 is 0 Å². The van der Waals surface area contributed by atoms with Gasteiger partial charge >= 0.3 is 0 Å². The summed E-state index contributed by atoms with van der Waals surface area (Å²) in [7, 11) is 0. The van der Waals surface area contributed by atoms with Crippen LogP contribution in [-0.2, 0) is 0 Å². The molecule has 7 aromatic carbocycles. The number of nitrogens with zero attached hydrogens (tertiary/aromatic N) is 2. The van der Waals surface area contributed by atoms with Gasteiger partial charge in [-0.15, -0.1) is 0 Å². The van der Waals surface area contributed by atoms with Gasteiger partial charge in [-0.05, 0) is 62.5 Å². The molecule has 9 aromatic rings. The fourth-order valence-electron chi connectivity index (χ4n) is 7.00. The molecule has 3 heteroatoms. The first-order valence-corrected chi connectivity index (χ1v) is 15.2. The van der Waals surface area contributed by atoms with Crippen LogP contribution in [-0.4, -0.2) is 9.38 Å². The highest BCUT2D eigenvalue weighted by atomic mass is 16.1. The van der Waals surface area contributed by atoms with Crippen molar-refractivity contribution in [1.29, 1.82) is 0 Å². The molecule has 0 unspecified atom stereocenters. The molecule has 2 aromatic heterocycles. The monoisotopic (exact) mass is 574 g/mol. The van der Waals surface area contributed by atoms with Crippen LogP contribution < -0.4 is 5.56 Å². The number of benzene rings is 7. The second-order valence-corrected chi connectivity index (χ2v) is 11.5. The molecule has 2 heterocycles. The van der Waals surface area contributed by atoms with Gasteiger partial charge < -0.3 is 0 Å². The molecular formula is C42H26N2O. The number of fused-ring (bicyclic) bond motifs is 4. The molecule has 0 saturated heterocycles. The van der Waals surface area contributed by atoms with E-state index in [2.05, 4.69) is 121 Å². The average molecular weight is 575 g/mol. The van der Waals surface area contributed by atoms with Gasteiger partial charge in [-0.1, -0.05) is 140 Å². The molecule has 9 rings (SSSR count). The fraction of sp³-hybridized carbons (Fsp3) is 0. The quantitative estimate of drug-likeness (QED) is 0.210. The lowest BCUT2D eigenvalue weighted by Gasteiger charge is -2.17. The van der Waals surface area contributed by atoms with Gasteiger partial charge in [0, 0.05) is 21.7 Å². The summed E-state index contributed by atoms with van der Waals surface area (Å²) in [6.07, 6.45) is 0. The van der Waals surface area contributed by atoms with Gasteiger partial charge in [-0.3, -0.25) is 9.20 Å². The molecule has 0 aliphatic rings. The number of pyridine rings is 1. The highest BCUT2D eigenvalue weighted by Gasteiger charge is 2.24. The lowest BCUT2D eigenvalue weighted by Crippen LogP contribution is -2.13. The molecule has 0 aliphatic carbocycles. The molecule has 0 spiro atoms. The largest absolute Gasteiger partial charge is 0.268 e. The lowest BCUT2D eigenvalue weighted by molar-refractivity contribution is 1.19. The van der Waals surface area contributed by atoms with Crippen molar-refractivity contribution in [3.05, 3.63) is 168 Å². The average Bonchev–Trinajstić information content (AvgIpc) is 3.50. The molecule has 0 bridgehead atoms. The summed E-state index contributed by atoms with van der Waals surface area (Å²) >= 11 is 0. The van der Waals surface area contributed by atoms with Crippen molar-refractivity contribution in [2.45, 2.75) is 0 Å². The van der Waals surface area contributed by atoms with Crippen LogP contribution in [0.4, 0.5) is 0 Å². The first kappa shape index (κ1) is 25.4. The summed E-state index contributed by atoms with van der Waals surface area (Å²) in [5, 5.41) is 3.68.